The Kier molecular flexibility index (Phi) is 2.84. The number of methoxy groups -OCH3 is 1. The molecule has 1 aromatic carbocycles. The van der Waals surface area contributed by atoms with Gasteiger partial charge in [0.05, 0.1) is 13.4 Å². The van der Waals surface area contributed by atoms with Gasteiger partial charge in [-0.1, -0.05) is 6.92 Å². The molecule has 1 heterocycles. The monoisotopic (exact) mass is 348 g/mol. The molecule has 0 spiro atoms. The zero-order valence-corrected chi connectivity index (χ0v) is 14.5. The van der Waals surface area contributed by atoms with Crippen molar-refractivity contribution in [3.8, 4) is 0 Å². The van der Waals surface area contributed by atoms with E-state index in [9.17, 15) is 14.4 Å². The Bertz CT molecular complexity index is 1070. The van der Waals surface area contributed by atoms with Gasteiger partial charge in [-0.2, -0.15) is 0 Å². The van der Waals surface area contributed by atoms with E-state index in [1.807, 2.05) is 0 Å². The van der Waals surface area contributed by atoms with Gasteiger partial charge in [0.25, 0.3) is 0 Å². The van der Waals surface area contributed by atoms with Crippen LogP contribution in [-0.2, 0) is 16.6 Å². The molecule has 1 unspecified atom stereocenters. The van der Waals surface area contributed by atoms with Crippen LogP contribution in [0.3, 0.4) is 0 Å². The lowest BCUT2D eigenvalue weighted by atomic mass is 9.62. The van der Waals surface area contributed by atoms with Crippen LogP contribution in [0.4, 0.5) is 0 Å². The fourth-order valence-corrected chi connectivity index (χ4v) is 4.68. The molecule has 0 fully saturated rings. The van der Waals surface area contributed by atoms with Gasteiger partial charge in [-0.25, -0.2) is 0 Å². The van der Waals surface area contributed by atoms with E-state index in [0.29, 0.717) is 16.9 Å². The minimum absolute atomic E-state index is 0.00411. The highest BCUT2D eigenvalue weighted by molar-refractivity contribution is 6.25. The summed E-state index contributed by atoms with van der Waals surface area (Å²) in [6.07, 6.45) is 5.63. The lowest BCUT2D eigenvalue weighted by molar-refractivity contribution is 0.0916. The fraction of sp³-hybridized carbons (Fsp3) is 0.286. The molecule has 0 saturated carbocycles. The number of benzene rings is 1. The quantitative estimate of drug-likeness (QED) is 0.790. The van der Waals surface area contributed by atoms with Crippen molar-refractivity contribution in [1.82, 2.24) is 0 Å². The van der Waals surface area contributed by atoms with Gasteiger partial charge in [0.15, 0.2) is 17.3 Å². The number of ketones is 3. The fourth-order valence-electron chi connectivity index (χ4n) is 4.68. The first kappa shape index (κ1) is 15.3. The number of hydrogen-bond acceptors (Lipinski definition) is 5. The molecule has 0 N–H and O–H groups in total. The first-order valence-corrected chi connectivity index (χ1v) is 8.64. The molecule has 3 aliphatic carbocycles. The summed E-state index contributed by atoms with van der Waals surface area (Å²) in [5.41, 5.74) is 3.44. The van der Waals surface area contributed by atoms with E-state index in [1.54, 1.807) is 18.4 Å². The van der Waals surface area contributed by atoms with E-state index >= 15 is 0 Å². The number of rotatable bonds is 1. The Morgan fingerprint density at radius 1 is 1.08 bits per heavy atom. The Hall–Kier alpha value is -2.95. The molecular formula is C21H16O5. The van der Waals surface area contributed by atoms with Crippen LogP contribution < -0.4 is 0 Å². The van der Waals surface area contributed by atoms with Crippen LogP contribution in [0.5, 0.6) is 0 Å². The summed E-state index contributed by atoms with van der Waals surface area (Å²) in [5.74, 6) is -0.513. The van der Waals surface area contributed by atoms with E-state index in [0.717, 1.165) is 36.0 Å². The molecule has 1 atom stereocenters. The zero-order chi connectivity index (χ0) is 18.2. The normalized spacial score (nSPS) is 23.2. The van der Waals surface area contributed by atoms with Crippen LogP contribution in [0.1, 0.15) is 73.3 Å². The molecule has 0 radical (unpaired) electrons. The van der Waals surface area contributed by atoms with Crippen LogP contribution >= 0.6 is 0 Å². The first-order chi connectivity index (χ1) is 12.5. The zero-order valence-electron chi connectivity index (χ0n) is 14.5. The Morgan fingerprint density at radius 3 is 2.65 bits per heavy atom. The highest BCUT2D eigenvalue weighted by Gasteiger charge is 2.47. The van der Waals surface area contributed by atoms with Crippen molar-refractivity contribution in [2.24, 2.45) is 0 Å². The Balaban J connectivity index is 1.81. The number of allylic oxidation sites excluding steroid dienone is 2. The topological polar surface area (TPSA) is 73.6 Å². The van der Waals surface area contributed by atoms with Gasteiger partial charge >= 0.3 is 0 Å². The number of ether oxygens (including phenoxy) is 1. The summed E-state index contributed by atoms with van der Waals surface area (Å²) in [5, 5.41) is 0. The van der Waals surface area contributed by atoms with Gasteiger partial charge in [0.2, 0.25) is 11.6 Å². The third-order valence-electron chi connectivity index (χ3n) is 5.96. The van der Waals surface area contributed by atoms with Gasteiger partial charge in [0, 0.05) is 33.7 Å². The SMILES string of the molecule is COC1=CC(=O)c2cc3c(cc2C1=O)C(=O)c1occ2c1C3(C)CCC2. The van der Waals surface area contributed by atoms with Crippen molar-refractivity contribution in [2.45, 2.75) is 31.6 Å². The van der Waals surface area contributed by atoms with Crippen LogP contribution in [-0.4, -0.2) is 24.5 Å². The van der Waals surface area contributed by atoms with E-state index in [4.69, 9.17) is 9.15 Å². The maximum absolute atomic E-state index is 13.0. The molecule has 130 valence electrons. The third kappa shape index (κ3) is 1.68. The molecule has 0 bridgehead atoms. The minimum atomic E-state index is -0.386. The molecule has 26 heavy (non-hydrogen) atoms. The molecule has 2 aromatic rings. The van der Waals surface area contributed by atoms with Crippen molar-refractivity contribution in [1.29, 1.82) is 0 Å². The van der Waals surface area contributed by atoms with E-state index in [-0.39, 0.29) is 34.1 Å². The number of Topliss-reactive ketones (excluding diaryl/α,β-unsaturated/α-hetero) is 1. The maximum Gasteiger partial charge on any atom is 0.228 e. The first-order valence-electron chi connectivity index (χ1n) is 8.64. The second kappa shape index (κ2) is 4.81. The van der Waals surface area contributed by atoms with Crippen LogP contribution in [0, 0.1) is 0 Å². The smallest absolute Gasteiger partial charge is 0.228 e. The molecule has 5 heteroatoms. The molecule has 1 aromatic heterocycles. The summed E-state index contributed by atoms with van der Waals surface area (Å²) in [6, 6.07) is 3.28. The summed E-state index contributed by atoms with van der Waals surface area (Å²) in [4.78, 5) is 38.2. The Morgan fingerprint density at radius 2 is 1.88 bits per heavy atom. The lowest BCUT2D eigenvalue weighted by Crippen LogP contribution is -2.36. The van der Waals surface area contributed by atoms with Crippen LogP contribution in [0.15, 0.2) is 34.6 Å². The number of aryl methyl sites for hydroxylation is 1. The maximum atomic E-state index is 13.0. The molecule has 5 nitrogen and oxygen atoms in total. The molecular weight excluding hydrogens is 332 g/mol. The van der Waals surface area contributed by atoms with Crippen molar-refractivity contribution in [3.05, 3.63) is 69.4 Å². The molecule has 0 aliphatic heterocycles. The number of furan rings is 1. The number of carbonyl (C=O) groups excluding carboxylic acids is 3. The molecule has 0 saturated heterocycles. The largest absolute Gasteiger partial charge is 0.492 e. The van der Waals surface area contributed by atoms with Gasteiger partial charge in [-0.3, -0.25) is 14.4 Å². The van der Waals surface area contributed by atoms with E-state index in [1.165, 1.54) is 13.2 Å². The predicted octanol–water partition coefficient (Wildman–Crippen LogP) is 3.38. The predicted molar refractivity (Wildman–Crippen MR) is 91.7 cm³/mol. The summed E-state index contributed by atoms with van der Waals surface area (Å²) < 4.78 is 10.6. The number of hydrogen-bond donors (Lipinski definition) is 0. The average Bonchev–Trinajstić information content (AvgIpc) is 3.08. The van der Waals surface area contributed by atoms with Gasteiger partial charge in [-0.15, -0.1) is 0 Å². The van der Waals surface area contributed by atoms with Crippen molar-refractivity contribution < 1.29 is 23.5 Å². The second-order valence-corrected chi connectivity index (χ2v) is 7.33. The second-order valence-electron chi connectivity index (χ2n) is 7.33. The summed E-state index contributed by atoms with van der Waals surface area (Å²) in [6.45, 7) is 2.09. The average molecular weight is 348 g/mol. The summed E-state index contributed by atoms with van der Waals surface area (Å²) in [7, 11) is 1.35. The number of fused-ring (bicyclic) bond motifs is 3. The van der Waals surface area contributed by atoms with Crippen molar-refractivity contribution >= 4 is 17.3 Å². The van der Waals surface area contributed by atoms with Gasteiger partial charge in [-0.05, 0) is 42.5 Å². The summed E-state index contributed by atoms with van der Waals surface area (Å²) >= 11 is 0. The highest BCUT2D eigenvalue weighted by Crippen LogP contribution is 2.50. The van der Waals surface area contributed by atoms with Gasteiger partial charge in [0.1, 0.15) is 0 Å². The van der Waals surface area contributed by atoms with Crippen molar-refractivity contribution in [3.63, 3.8) is 0 Å². The molecule has 0 amide bonds. The Labute approximate surface area is 149 Å². The molecule has 5 rings (SSSR count). The number of carbonyl (C=O) groups is 3. The minimum Gasteiger partial charge on any atom is -0.492 e. The van der Waals surface area contributed by atoms with Crippen LogP contribution in [0.2, 0.25) is 0 Å². The highest BCUT2D eigenvalue weighted by atomic mass is 16.5. The standard InChI is InChI=1S/C21H16O5/c1-21-5-3-4-10-9-26-20(17(10)21)19(24)13-6-12-11(7-14(13)21)15(22)8-16(25-2)18(12)23/h6-9H,3-5H2,1-2H3. The van der Waals surface area contributed by atoms with Crippen molar-refractivity contribution in [2.75, 3.05) is 7.11 Å². The molecule has 3 aliphatic rings. The third-order valence-corrected chi connectivity index (χ3v) is 5.96. The van der Waals surface area contributed by atoms with E-state index in [2.05, 4.69) is 6.92 Å². The van der Waals surface area contributed by atoms with E-state index < -0.39 is 0 Å². The lowest BCUT2D eigenvalue weighted by Gasteiger charge is -2.39. The van der Waals surface area contributed by atoms with Gasteiger partial charge < -0.3 is 9.15 Å². The van der Waals surface area contributed by atoms with Crippen LogP contribution in [0.25, 0.3) is 0 Å².